The lowest BCUT2D eigenvalue weighted by Gasteiger charge is -2.23. The van der Waals surface area contributed by atoms with Crippen molar-refractivity contribution >= 4 is 6.09 Å². The Labute approximate surface area is 120 Å². The fourth-order valence-corrected chi connectivity index (χ4v) is 1.84. The summed E-state index contributed by atoms with van der Waals surface area (Å²) in [5.41, 5.74) is 0.614. The molecule has 1 N–H and O–H groups in total. The van der Waals surface area contributed by atoms with Crippen LogP contribution in [0.3, 0.4) is 0 Å². The molecule has 0 aliphatic heterocycles. The maximum absolute atomic E-state index is 11.8. The number of ether oxygens (including phenoxy) is 1. The van der Waals surface area contributed by atoms with Gasteiger partial charge in [-0.05, 0) is 39.2 Å². The van der Waals surface area contributed by atoms with E-state index in [2.05, 4.69) is 11.4 Å². The fraction of sp³-hybridized carbons (Fsp3) is 0.500. The SMILES string of the molecule is CC(C)(C)OC(=O)N[C@@H](CCC#N)Cc1ccccc1. The first kappa shape index (κ1) is 16.0. The Balaban J connectivity index is 2.60. The Hall–Kier alpha value is -2.02. The Bertz CT molecular complexity index is 458. The van der Waals surface area contributed by atoms with Crippen molar-refractivity contribution in [2.45, 2.75) is 51.7 Å². The summed E-state index contributed by atoms with van der Waals surface area (Å²) < 4.78 is 5.25. The van der Waals surface area contributed by atoms with E-state index in [4.69, 9.17) is 10.00 Å². The molecule has 0 fully saturated rings. The van der Waals surface area contributed by atoms with E-state index in [9.17, 15) is 4.79 Å². The number of benzene rings is 1. The Morgan fingerprint density at radius 3 is 2.55 bits per heavy atom. The van der Waals surface area contributed by atoms with Gasteiger partial charge in [0.05, 0.1) is 6.07 Å². The first-order valence-corrected chi connectivity index (χ1v) is 6.81. The highest BCUT2D eigenvalue weighted by atomic mass is 16.6. The van der Waals surface area contributed by atoms with Crippen LogP contribution >= 0.6 is 0 Å². The molecule has 1 aromatic carbocycles. The van der Waals surface area contributed by atoms with Crippen LogP contribution in [-0.2, 0) is 11.2 Å². The molecule has 0 bridgehead atoms. The summed E-state index contributed by atoms with van der Waals surface area (Å²) in [6.07, 6.45) is 1.29. The van der Waals surface area contributed by atoms with Crippen molar-refractivity contribution in [3.05, 3.63) is 35.9 Å². The minimum absolute atomic E-state index is 0.0908. The van der Waals surface area contributed by atoms with Crippen LogP contribution in [0.4, 0.5) is 4.79 Å². The molecule has 0 saturated carbocycles. The van der Waals surface area contributed by atoms with Crippen LogP contribution in [-0.4, -0.2) is 17.7 Å². The van der Waals surface area contributed by atoms with Gasteiger partial charge in [0, 0.05) is 12.5 Å². The van der Waals surface area contributed by atoms with Gasteiger partial charge in [-0.2, -0.15) is 5.26 Å². The van der Waals surface area contributed by atoms with E-state index in [1.165, 1.54) is 0 Å². The van der Waals surface area contributed by atoms with Gasteiger partial charge in [-0.15, -0.1) is 0 Å². The van der Waals surface area contributed by atoms with Crippen molar-refractivity contribution in [1.29, 1.82) is 5.26 Å². The second-order valence-electron chi connectivity index (χ2n) is 5.73. The monoisotopic (exact) mass is 274 g/mol. The number of rotatable bonds is 5. The number of carbonyl (C=O) groups excluding carboxylic acids is 1. The van der Waals surface area contributed by atoms with Gasteiger partial charge in [-0.1, -0.05) is 30.3 Å². The molecular weight excluding hydrogens is 252 g/mol. The number of hydrogen-bond acceptors (Lipinski definition) is 3. The molecule has 1 atom stereocenters. The molecule has 0 aromatic heterocycles. The zero-order chi connectivity index (χ0) is 15.0. The van der Waals surface area contributed by atoms with Crippen LogP contribution in [0.1, 0.15) is 39.2 Å². The highest BCUT2D eigenvalue weighted by Gasteiger charge is 2.19. The molecule has 4 nitrogen and oxygen atoms in total. The molecule has 0 heterocycles. The normalized spacial score (nSPS) is 12.3. The Morgan fingerprint density at radius 2 is 2.00 bits per heavy atom. The number of amides is 1. The van der Waals surface area contributed by atoms with Crippen LogP contribution < -0.4 is 5.32 Å². The number of hydrogen-bond donors (Lipinski definition) is 1. The van der Waals surface area contributed by atoms with Gasteiger partial charge in [-0.3, -0.25) is 0 Å². The highest BCUT2D eigenvalue weighted by molar-refractivity contribution is 5.68. The van der Waals surface area contributed by atoms with Gasteiger partial charge in [0.1, 0.15) is 5.60 Å². The highest BCUT2D eigenvalue weighted by Crippen LogP contribution is 2.10. The first-order chi connectivity index (χ1) is 9.40. The number of nitriles is 1. The summed E-state index contributed by atoms with van der Waals surface area (Å²) in [5.74, 6) is 0. The van der Waals surface area contributed by atoms with Crippen molar-refractivity contribution in [1.82, 2.24) is 5.32 Å². The molecule has 0 unspecified atom stereocenters. The summed E-state index contributed by atoms with van der Waals surface area (Å²) in [5, 5.41) is 11.6. The molecule has 20 heavy (non-hydrogen) atoms. The van der Waals surface area contributed by atoms with E-state index in [0.717, 1.165) is 5.56 Å². The van der Waals surface area contributed by atoms with Crippen molar-refractivity contribution < 1.29 is 9.53 Å². The van der Waals surface area contributed by atoms with E-state index in [0.29, 0.717) is 19.3 Å². The smallest absolute Gasteiger partial charge is 0.407 e. The predicted molar refractivity (Wildman–Crippen MR) is 78.2 cm³/mol. The second kappa shape index (κ2) is 7.54. The maximum Gasteiger partial charge on any atom is 0.407 e. The van der Waals surface area contributed by atoms with Gasteiger partial charge in [-0.25, -0.2) is 4.79 Å². The molecule has 0 aliphatic rings. The zero-order valence-corrected chi connectivity index (χ0v) is 12.3. The topological polar surface area (TPSA) is 62.1 Å². The third-order valence-corrected chi connectivity index (χ3v) is 2.65. The largest absolute Gasteiger partial charge is 0.444 e. The maximum atomic E-state index is 11.8. The van der Waals surface area contributed by atoms with Gasteiger partial charge in [0.2, 0.25) is 0 Å². The van der Waals surface area contributed by atoms with Crippen LogP contribution in [0.15, 0.2) is 30.3 Å². The Kier molecular flexibility index (Phi) is 6.05. The van der Waals surface area contributed by atoms with Crippen molar-refractivity contribution in [2.24, 2.45) is 0 Å². The number of nitrogens with zero attached hydrogens (tertiary/aromatic N) is 1. The van der Waals surface area contributed by atoms with E-state index in [-0.39, 0.29) is 6.04 Å². The molecule has 4 heteroatoms. The molecule has 1 amide bonds. The van der Waals surface area contributed by atoms with Crippen LogP contribution in [0.5, 0.6) is 0 Å². The second-order valence-corrected chi connectivity index (χ2v) is 5.73. The standard InChI is InChI=1S/C16H22N2O2/c1-16(2,3)20-15(19)18-14(10-7-11-17)12-13-8-5-4-6-9-13/h4-6,8-9,14H,7,10,12H2,1-3H3,(H,18,19)/t14-/m0/s1. The number of carbonyl (C=O) groups is 1. The summed E-state index contributed by atoms with van der Waals surface area (Å²) >= 11 is 0. The first-order valence-electron chi connectivity index (χ1n) is 6.81. The fourth-order valence-electron chi connectivity index (χ4n) is 1.84. The molecule has 0 radical (unpaired) electrons. The zero-order valence-electron chi connectivity index (χ0n) is 12.3. The average Bonchev–Trinajstić information content (AvgIpc) is 2.35. The lowest BCUT2D eigenvalue weighted by molar-refractivity contribution is 0.0502. The average molecular weight is 274 g/mol. The van der Waals surface area contributed by atoms with Crippen molar-refractivity contribution in [3.63, 3.8) is 0 Å². The molecule has 0 aliphatic carbocycles. The molecule has 0 spiro atoms. The number of nitrogens with one attached hydrogen (secondary N) is 1. The molecule has 108 valence electrons. The van der Waals surface area contributed by atoms with Crippen molar-refractivity contribution in [3.8, 4) is 6.07 Å². The lowest BCUT2D eigenvalue weighted by Crippen LogP contribution is -2.40. The molecule has 1 aromatic rings. The lowest BCUT2D eigenvalue weighted by atomic mass is 10.0. The summed E-state index contributed by atoms with van der Waals surface area (Å²) in [6.45, 7) is 5.48. The number of alkyl carbamates (subject to hydrolysis) is 1. The minimum atomic E-state index is -0.517. The summed E-state index contributed by atoms with van der Waals surface area (Å²) in [4.78, 5) is 11.8. The van der Waals surface area contributed by atoms with Gasteiger partial charge in [0.15, 0.2) is 0 Å². The van der Waals surface area contributed by atoms with E-state index in [1.54, 1.807) is 0 Å². The predicted octanol–water partition coefficient (Wildman–Crippen LogP) is 3.43. The summed E-state index contributed by atoms with van der Waals surface area (Å²) in [6, 6.07) is 11.9. The van der Waals surface area contributed by atoms with Crippen LogP contribution in [0, 0.1) is 11.3 Å². The molecular formula is C16H22N2O2. The van der Waals surface area contributed by atoms with Crippen molar-refractivity contribution in [2.75, 3.05) is 0 Å². The Morgan fingerprint density at radius 1 is 1.35 bits per heavy atom. The quantitative estimate of drug-likeness (QED) is 0.894. The molecule has 0 saturated heterocycles. The van der Waals surface area contributed by atoms with E-state index >= 15 is 0 Å². The van der Waals surface area contributed by atoms with Gasteiger partial charge >= 0.3 is 6.09 Å². The van der Waals surface area contributed by atoms with Gasteiger partial charge in [0.25, 0.3) is 0 Å². The van der Waals surface area contributed by atoms with Crippen LogP contribution in [0.25, 0.3) is 0 Å². The van der Waals surface area contributed by atoms with Crippen LogP contribution in [0.2, 0.25) is 0 Å². The third-order valence-electron chi connectivity index (χ3n) is 2.65. The molecule has 1 rings (SSSR count). The van der Waals surface area contributed by atoms with E-state index < -0.39 is 11.7 Å². The summed E-state index contributed by atoms with van der Waals surface area (Å²) in [7, 11) is 0. The van der Waals surface area contributed by atoms with Gasteiger partial charge < -0.3 is 10.1 Å². The third kappa shape index (κ3) is 6.79. The van der Waals surface area contributed by atoms with E-state index in [1.807, 2.05) is 51.1 Å². The minimum Gasteiger partial charge on any atom is -0.444 e.